The molecule has 10 heteroatoms. The number of piperidine rings is 1. The summed E-state index contributed by atoms with van der Waals surface area (Å²) in [6.45, 7) is 6.71. The standard InChI is InChI=1S/C24H33N5O5/c1-17-5-3-6-19(15-17)26-22(32)29-14-13-28(21(31)18(29)2)10-4-7-20(30)27-11-8-24(9-12-27)16-25-23(33)34-24/h3,5-6,15,18H,4,7-14,16H2,1-2H3,(H,25,33)(H,26,32)/t18-/m0/s1. The molecule has 3 fully saturated rings. The lowest BCUT2D eigenvalue weighted by molar-refractivity contribution is -0.140. The molecule has 0 saturated carbocycles. The second-order valence-electron chi connectivity index (χ2n) is 9.40. The van der Waals surface area contributed by atoms with Crippen molar-refractivity contribution in [3.8, 4) is 0 Å². The quantitative estimate of drug-likeness (QED) is 0.682. The highest BCUT2D eigenvalue weighted by Crippen LogP contribution is 2.29. The summed E-state index contributed by atoms with van der Waals surface area (Å²) in [5, 5.41) is 5.56. The minimum absolute atomic E-state index is 0.0591. The molecule has 3 saturated heterocycles. The molecule has 3 heterocycles. The molecule has 1 aromatic carbocycles. The Kier molecular flexibility index (Phi) is 6.95. The number of anilines is 1. The van der Waals surface area contributed by atoms with E-state index in [1.54, 1.807) is 16.7 Å². The van der Waals surface area contributed by atoms with Gasteiger partial charge in [0.1, 0.15) is 11.6 Å². The Morgan fingerprint density at radius 2 is 1.94 bits per heavy atom. The predicted molar refractivity (Wildman–Crippen MR) is 125 cm³/mol. The number of rotatable bonds is 5. The SMILES string of the molecule is Cc1cccc(NC(=O)N2CCN(CCCC(=O)N3CCC4(CC3)CNC(=O)O4)C(=O)[C@@H]2C)c1. The number of urea groups is 1. The van der Waals surface area contributed by atoms with Crippen molar-refractivity contribution < 1.29 is 23.9 Å². The van der Waals surface area contributed by atoms with Gasteiger partial charge in [0.15, 0.2) is 0 Å². The number of alkyl carbamates (subject to hydrolysis) is 1. The summed E-state index contributed by atoms with van der Waals surface area (Å²) in [6.07, 6.45) is 1.83. The number of carbonyl (C=O) groups is 4. The first-order valence-electron chi connectivity index (χ1n) is 11.9. The van der Waals surface area contributed by atoms with Crippen LogP contribution in [0.3, 0.4) is 0 Å². The zero-order valence-electron chi connectivity index (χ0n) is 19.8. The molecular weight excluding hydrogens is 438 g/mol. The number of carbonyl (C=O) groups excluding carboxylic acids is 4. The molecular formula is C24H33N5O5. The molecule has 10 nitrogen and oxygen atoms in total. The fraction of sp³-hybridized carbons (Fsp3) is 0.583. The monoisotopic (exact) mass is 471 g/mol. The highest BCUT2D eigenvalue weighted by atomic mass is 16.6. The van der Waals surface area contributed by atoms with Crippen molar-refractivity contribution in [3.63, 3.8) is 0 Å². The van der Waals surface area contributed by atoms with E-state index < -0.39 is 11.6 Å². The molecule has 1 spiro atoms. The van der Waals surface area contributed by atoms with Crippen LogP contribution >= 0.6 is 0 Å². The highest BCUT2D eigenvalue weighted by Gasteiger charge is 2.43. The van der Waals surface area contributed by atoms with E-state index in [2.05, 4.69) is 10.6 Å². The fourth-order valence-corrected chi connectivity index (χ4v) is 4.87. The topological polar surface area (TPSA) is 111 Å². The van der Waals surface area contributed by atoms with Crippen LogP contribution < -0.4 is 10.6 Å². The zero-order chi connectivity index (χ0) is 24.3. The van der Waals surface area contributed by atoms with E-state index in [0.29, 0.717) is 70.6 Å². The van der Waals surface area contributed by atoms with E-state index in [4.69, 9.17) is 4.74 Å². The molecule has 184 valence electrons. The van der Waals surface area contributed by atoms with Crippen LogP contribution in [0.25, 0.3) is 0 Å². The van der Waals surface area contributed by atoms with Crippen molar-refractivity contribution in [2.75, 3.05) is 44.6 Å². The first-order valence-corrected chi connectivity index (χ1v) is 11.9. The van der Waals surface area contributed by atoms with E-state index in [-0.39, 0.29) is 23.9 Å². The maximum absolute atomic E-state index is 12.9. The number of benzene rings is 1. The number of hydrogen-bond acceptors (Lipinski definition) is 5. The van der Waals surface area contributed by atoms with Crippen molar-refractivity contribution >= 4 is 29.6 Å². The van der Waals surface area contributed by atoms with Gasteiger partial charge in [-0.25, -0.2) is 9.59 Å². The summed E-state index contributed by atoms with van der Waals surface area (Å²) in [6, 6.07) is 6.70. The van der Waals surface area contributed by atoms with Gasteiger partial charge in [0.2, 0.25) is 11.8 Å². The lowest BCUT2D eigenvalue weighted by atomic mass is 9.91. The van der Waals surface area contributed by atoms with Crippen molar-refractivity contribution in [1.29, 1.82) is 0 Å². The Labute approximate surface area is 199 Å². The third-order valence-corrected chi connectivity index (χ3v) is 6.99. The van der Waals surface area contributed by atoms with Crippen LogP contribution in [-0.2, 0) is 14.3 Å². The van der Waals surface area contributed by atoms with Gasteiger partial charge < -0.3 is 30.1 Å². The Morgan fingerprint density at radius 1 is 1.18 bits per heavy atom. The van der Waals surface area contributed by atoms with Crippen LogP contribution in [0.2, 0.25) is 0 Å². The molecule has 34 heavy (non-hydrogen) atoms. The molecule has 3 aliphatic rings. The van der Waals surface area contributed by atoms with Crippen molar-refractivity contribution in [2.45, 2.75) is 51.2 Å². The highest BCUT2D eigenvalue weighted by molar-refractivity contribution is 5.94. The van der Waals surface area contributed by atoms with Crippen LogP contribution in [0.5, 0.6) is 0 Å². The van der Waals surface area contributed by atoms with Gasteiger partial charge in [0.25, 0.3) is 0 Å². The molecule has 4 rings (SSSR count). The molecule has 3 aliphatic heterocycles. The van der Waals surface area contributed by atoms with E-state index in [1.807, 2.05) is 36.1 Å². The minimum Gasteiger partial charge on any atom is -0.441 e. The maximum Gasteiger partial charge on any atom is 0.407 e. The Balaban J connectivity index is 1.20. The number of amides is 5. The van der Waals surface area contributed by atoms with Crippen molar-refractivity contribution in [3.05, 3.63) is 29.8 Å². The number of aryl methyl sites for hydroxylation is 1. The molecule has 1 atom stereocenters. The van der Waals surface area contributed by atoms with E-state index in [0.717, 1.165) is 5.56 Å². The summed E-state index contributed by atoms with van der Waals surface area (Å²) in [5.41, 5.74) is 1.28. The van der Waals surface area contributed by atoms with Crippen LogP contribution in [0.15, 0.2) is 24.3 Å². The van der Waals surface area contributed by atoms with Crippen LogP contribution in [0.1, 0.15) is 38.2 Å². The largest absolute Gasteiger partial charge is 0.441 e. The molecule has 0 radical (unpaired) electrons. The third-order valence-electron chi connectivity index (χ3n) is 6.99. The van der Waals surface area contributed by atoms with E-state index in [1.165, 1.54) is 0 Å². The van der Waals surface area contributed by atoms with Gasteiger partial charge in [0.05, 0.1) is 6.54 Å². The maximum atomic E-state index is 12.9. The fourth-order valence-electron chi connectivity index (χ4n) is 4.87. The van der Waals surface area contributed by atoms with Gasteiger partial charge in [-0.2, -0.15) is 0 Å². The second-order valence-corrected chi connectivity index (χ2v) is 9.40. The van der Waals surface area contributed by atoms with Crippen LogP contribution in [-0.4, -0.2) is 89.5 Å². The number of ether oxygens (including phenoxy) is 1. The molecule has 1 aromatic rings. The van der Waals surface area contributed by atoms with Gasteiger partial charge in [0, 0.05) is 57.7 Å². The minimum atomic E-state index is -0.560. The van der Waals surface area contributed by atoms with Crippen LogP contribution in [0.4, 0.5) is 15.3 Å². The number of likely N-dealkylation sites (tertiary alicyclic amines) is 1. The van der Waals surface area contributed by atoms with Gasteiger partial charge in [-0.05, 0) is 38.0 Å². The summed E-state index contributed by atoms with van der Waals surface area (Å²) >= 11 is 0. The lowest BCUT2D eigenvalue weighted by Crippen LogP contribution is -2.58. The Bertz CT molecular complexity index is 959. The smallest absolute Gasteiger partial charge is 0.407 e. The number of hydrogen-bond donors (Lipinski definition) is 2. The van der Waals surface area contributed by atoms with E-state index >= 15 is 0 Å². The lowest BCUT2D eigenvalue weighted by Gasteiger charge is -2.39. The van der Waals surface area contributed by atoms with E-state index in [9.17, 15) is 19.2 Å². The van der Waals surface area contributed by atoms with Gasteiger partial charge in [-0.15, -0.1) is 0 Å². The number of nitrogens with one attached hydrogen (secondary N) is 2. The average Bonchev–Trinajstić information content (AvgIpc) is 3.16. The van der Waals surface area contributed by atoms with Crippen molar-refractivity contribution in [1.82, 2.24) is 20.0 Å². The summed E-state index contributed by atoms with van der Waals surface area (Å²) in [7, 11) is 0. The summed E-state index contributed by atoms with van der Waals surface area (Å²) < 4.78 is 5.40. The Morgan fingerprint density at radius 3 is 2.62 bits per heavy atom. The molecule has 0 aromatic heterocycles. The van der Waals surface area contributed by atoms with Gasteiger partial charge >= 0.3 is 12.1 Å². The molecule has 0 unspecified atom stereocenters. The summed E-state index contributed by atoms with van der Waals surface area (Å²) in [4.78, 5) is 54.6. The van der Waals surface area contributed by atoms with Gasteiger partial charge in [-0.1, -0.05) is 12.1 Å². The average molecular weight is 472 g/mol. The third kappa shape index (κ3) is 5.26. The molecule has 0 bridgehead atoms. The predicted octanol–water partition coefficient (Wildman–Crippen LogP) is 1.94. The van der Waals surface area contributed by atoms with Crippen molar-refractivity contribution in [2.24, 2.45) is 0 Å². The number of nitrogens with zero attached hydrogens (tertiary/aromatic N) is 3. The second kappa shape index (κ2) is 9.90. The number of piperazine rings is 1. The zero-order valence-corrected chi connectivity index (χ0v) is 19.8. The molecule has 5 amide bonds. The summed E-state index contributed by atoms with van der Waals surface area (Å²) in [5.74, 6) is -0.0441. The normalized spacial score (nSPS) is 21.9. The Hall–Kier alpha value is -3.30. The first-order chi connectivity index (χ1) is 16.3. The molecule has 0 aliphatic carbocycles. The first kappa shape index (κ1) is 23.8. The van der Waals surface area contributed by atoms with Crippen LogP contribution in [0, 0.1) is 6.92 Å². The van der Waals surface area contributed by atoms with Gasteiger partial charge in [-0.3, -0.25) is 9.59 Å². The molecule has 2 N–H and O–H groups in total.